The fraction of sp³-hybridized carbons (Fsp3) is 0.318. The van der Waals surface area contributed by atoms with E-state index in [0.717, 1.165) is 7.11 Å². The van der Waals surface area contributed by atoms with Gasteiger partial charge in [0, 0.05) is 13.4 Å². The predicted octanol–water partition coefficient (Wildman–Crippen LogP) is 0.711. The maximum Gasteiger partial charge on any atom is 0.338 e. The highest BCUT2D eigenvalue weighted by molar-refractivity contribution is 5.90. The molecule has 164 valence electrons. The van der Waals surface area contributed by atoms with E-state index in [2.05, 4.69) is 4.74 Å². The average Bonchev–Trinajstić information content (AvgIpc) is 2.81. The second-order valence-electron chi connectivity index (χ2n) is 6.62. The number of hydrogen-bond acceptors (Lipinski definition) is 9. The molecule has 0 radical (unpaired) electrons. The van der Waals surface area contributed by atoms with E-state index in [0.29, 0.717) is 0 Å². The third-order valence-corrected chi connectivity index (χ3v) is 4.71. The molecule has 0 bridgehead atoms. The third-order valence-electron chi connectivity index (χ3n) is 4.71. The minimum Gasteiger partial charge on any atom is -0.828 e. The number of carbonyl (C=O) groups is 3. The Hall–Kier alpha value is -3.27. The van der Waals surface area contributed by atoms with E-state index >= 15 is 0 Å². The van der Waals surface area contributed by atoms with Crippen molar-refractivity contribution >= 4 is 17.9 Å². The SMILES string of the molecule is COC(=O)[C@H]1OC([O-])[C@H](OC(=O)c2ccccc2)[C@@H](OC(=O)c2ccccc2)[C@@H]1OC. The lowest BCUT2D eigenvalue weighted by molar-refractivity contribution is -0.528. The van der Waals surface area contributed by atoms with Gasteiger partial charge in [-0.25, -0.2) is 14.4 Å². The van der Waals surface area contributed by atoms with E-state index in [-0.39, 0.29) is 11.1 Å². The van der Waals surface area contributed by atoms with Gasteiger partial charge in [-0.2, -0.15) is 0 Å². The molecule has 3 rings (SSSR count). The molecule has 1 aliphatic heterocycles. The minimum absolute atomic E-state index is 0.187. The Morgan fingerprint density at radius 1 is 0.774 bits per heavy atom. The summed E-state index contributed by atoms with van der Waals surface area (Å²) in [4.78, 5) is 37.3. The molecule has 0 amide bonds. The standard InChI is InChI=1S/C22H21O9/c1-27-15-16(29-19(23)13-9-5-3-6-10-13)18(22(26)31-17(15)21(25)28-2)30-20(24)14-11-7-4-8-12-14/h3-12,15-18,22H,1-2H3/q-1/t15-,16-,17-,18+,22?/m0/s1. The number of ether oxygens (including phenoxy) is 5. The van der Waals surface area contributed by atoms with E-state index in [4.69, 9.17) is 18.9 Å². The lowest BCUT2D eigenvalue weighted by Crippen LogP contribution is -2.66. The molecule has 0 aromatic heterocycles. The van der Waals surface area contributed by atoms with Crippen molar-refractivity contribution in [3.8, 4) is 0 Å². The Labute approximate surface area is 178 Å². The summed E-state index contributed by atoms with van der Waals surface area (Å²) in [6.45, 7) is 0. The molecule has 0 aliphatic carbocycles. The molecule has 1 saturated heterocycles. The van der Waals surface area contributed by atoms with Gasteiger partial charge in [0.15, 0.2) is 18.3 Å². The normalized spacial score (nSPS) is 25.3. The molecule has 1 aliphatic rings. The van der Waals surface area contributed by atoms with Crippen LogP contribution in [0.3, 0.4) is 0 Å². The molecule has 5 atom stereocenters. The summed E-state index contributed by atoms with van der Waals surface area (Å²) in [6, 6.07) is 16.0. The second-order valence-corrected chi connectivity index (χ2v) is 6.62. The van der Waals surface area contributed by atoms with Gasteiger partial charge in [-0.1, -0.05) is 36.4 Å². The first-order valence-corrected chi connectivity index (χ1v) is 9.40. The average molecular weight is 429 g/mol. The molecule has 0 N–H and O–H groups in total. The predicted molar refractivity (Wildman–Crippen MR) is 103 cm³/mol. The number of methoxy groups -OCH3 is 2. The van der Waals surface area contributed by atoms with Gasteiger partial charge in [-0.15, -0.1) is 0 Å². The summed E-state index contributed by atoms with van der Waals surface area (Å²) >= 11 is 0. The number of benzene rings is 2. The van der Waals surface area contributed by atoms with Crippen LogP contribution in [0.15, 0.2) is 60.7 Å². The number of carbonyl (C=O) groups excluding carboxylic acids is 3. The molecule has 2 aromatic carbocycles. The molecule has 0 saturated carbocycles. The second kappa shape index (κ2) is 10.2. The van der Waals surface area contributed by atoms with Crippen molar-refractivity contribution in [3.63, 3.8) is 0 Å². The lowest BCUT2D eigenvalue weighted by Gasteiger charge is -2.46. The molecule has 1 unspecified atom stereocenters. The number of esters is 3. The Kier molecular flexibility index (Phi) is 7.35. The van der Waals surface area contributed by atoms with Crippen LogP contribution in [-0.2, 0) is 28.5 Å². The van der Waals surface area contributed by atoms with Gasteiger partial charge in [0.1, 0.15) is 6.10 Å². The summed E-state index contributed by atoms with van der Waals surface area (Å²) in [5.41, 5.74) is 0.390. The maximum atomic E-state index is 12.7. The largest absolute Gasteiger partial charge is 0.828 e. The molecule has 2 aromatic rings. The van der Waals surface area contributed by atoms with Crippen molar-refractivity contribution in [2.24, 2.45) is 0 Å². The van der Waals surface area contributed by atoms with Gasteiger partial charge in [-0.3, -0.25) is 0 Å². The summed E-state index contributed by atoms with van der Waals surface area (Å²) in [7, 11) is 2.36. The van der Waals surface area contributed by atoms with Crippen molar-refractivity contribution < 1.29 is 43.2 Å². The van der Waals surface area contributed by atoms with Crippen LogP contribution in [0, 0.1) is 0 Å². The van der Waals surface area contributed by atoms with Crippen LogP contribution in [0.4, 0.5) is 0 Å². The summed E-state index contributed by atoms with van der Waals surface area (Å²) in [6.07, 6.45) is -7.76. The third kappa shape index (κ3) is 5.08. The molecule has 1 heterocycles. The first-order chi connectivity index (χ1) is 15.0. The van der Waals surface area contributed by atoms with Gasteiger partial charge in [0.05, 0.1) is 18.2 Å². The number of rotatable bonds is 6. The molecule has 31 heavy (non-hydrogen) atoms. The molecule has 9 nitrogen and oxygen atoms in total. The minimum atomic E-state index is -2.03. The summed E-state index contributed by atoms with van der Waals surface area (Å²) in [5, 5.41) is 12.7. The van der Waals surface area contributed by atoms with Gasteiger partial charge in [0.2, 0.25) is 0 Å². The van der Waals surface area contributed by atoms with Crippen LogP contribution in [0.5, 0.6) is 0 Å². The van der Waals surface area contributed by atoms with Crippen molar-refractivity contribution in [2.75, 3.05) is 14.2 Å². The smallest absolute Gasteiger partial charge is 0.338 e. The zero-order chi connectivity index (χ0) is 22.4. The molecular weight excluding hydrogens is 408 g/mol. The number of hydrogen-bond donors (Lipinski definition) is 0. The van der Waals surface area contributed by atoms with E-state index < -0.39 is 48.6 Å². The van der Waals surface area contributed by atoms with Crippen molar-refractivity contribution in [3.05, 3.63) is 71.8 Å². The topological polar surface area (TPSA) is 120 Å². The Balaban J connectivity index is 1.90. The highest BCUT2D eigenvalue weighted by Crippen LogP contribution is 2.28. The van der Waals surface area contributed by atoms with Crippen LogP contribution >= 0.6 is 0 Å². The molecule has 0 spiro atoms. The molecular formula is C22H21O9-. The van der Waals surface area contributed by atoms with Gasteiger partial charge >= 0.3 is 17.9 Å². The van der Waals surface area contributed by atoms with Crippen molar-refractivity contribution in [1.82, 2.24) is 0 Å². The Morgan fingerprint density at radius 3 is 1.71 bits per heavy atom. The van der Waals surface area contributed by atoms with Gasteiger partial charge in [0.25, 0.3) is 0 Å². The first-order valence-electron chi connectivity index (χ1n) is 9.40. The van der Waals surface area contributed by atoms with Crippen LogP contribution in [0.1, 0.15) is 20.7 Å². The van der Waals surface area contributed by atoms with E-state index in [1.54, 1.807) is 36.4 Å². The Bertz CT molecular complexity index is 900. The molecule has 1 fully saturated rings. The summed E-state index contributed by atoms with van der Waals surface area (Å²) < 4.78 is 26.0. The zero-order valence-electron chi connectivity index (χ0n) is 16.8. The van der Waals surface area contributed by atoms with Crippen molar-refractivity contribution in [1.29, 1.82) is 0 Å². The van der Waals surface area contributed by atoms with E-state index in [1.165, 1.54) is 31.4 Å². The maximum absolute atomic E-state index is 12.7. The van der Waals surface area contributed by atoms with Crippen LogP contribution in [0.2, 0.25) is 0 Å². The van der Waals surface area contributed by atoms with Crippen molar-refractivity contribution in [2.45, 2.75) is 30.7 Å². The molecule has 9 heteroatoms. The zero-order valence-corrected chi connectivity index (χ0v) is 16.8. The van der Waals surface area contributed by atoms with Crippen LogP contribution in [0.25, 0.3) is 0 Å². The van der Waals surface area contributed by atoms with Crippen LogP contribution < -0.4 is 5.11 Å². The summed E-state index contributed by atoms with van der Waals surface area (Å²) in [5.74, 6) is -2.49. The van der Waals surface area contributed by atoms with E-state index in [9.17, 15) is 19.5 Å². The highest BCUT2D eigenvalue weighted by Gasteiger charge is 2.50. The quantitative estimate of drug-likeness (QED) is 0.483. The van der Waals surface area contributed by atoms with Crippen LogP contribution in [-0.4, -0.2) is 62.8 Å². The first kappa shape index (κ1) is 22.4. The fourth-order valence-corrected chi connectivity index (χ4v) is 3.17. The highest BCUT2D eigenvalue weighted by atomic mass is 16.7. The fourth-order valence-electron chi connectivity index (χ4n) is 3.17. The van der Waals surface area contributed by atoms with Gasteiger partial charge in [-0.05, 0) is 24.3 Å². The van der Waals surface area contributed by atoms with E-state index in [1.807, 2.05) is 0 Å². The van der Waals surface area contributed by atoms with Gasteiger partial charge < -0.3 is 28.8 Å². The lowest BCUT2D eigenvalue weighted by atomic mass is 9.97. The Morgan fingerprint density at radius 2 is 1.26 bits per heavy atom. The monoisotopic (exact) mass is 429 g/mol.